The van der Waals surface area contributed by atoms with E-state index < -0.39 is 10.8 Å². The van der Waals surface area contributed by atoms with Gasteiger partial charge < -0.3 is 0 Å². The molecule has 0 atom stereocenters. The number of nitro groups is 1. The number of benzene rings is 2. The number of carbonyl (C=O) groups is 1. The van der Waals surface area contributed by atoms with Crippen LogP contribution in [0.4, 0.5) is 11.4 Å². The minimum absolute atomic E-state index is 0.0318. The summed E-state index contributed by atoms with van der Waals surface area (Å²) >= 11 is 5.87. The Labute approximate surface area is 119 Å². The van der Waals surface area contributed by atoms with Crippen LogP contribution in [-0.2, 0) is 0 Å². The molecule has 0 aliphatic heterocycles. The number of hydrazine groups is 1. The van der Waals surface area contributed by atoms with Crippen molar-refractivity contribution in [2.45, 2.75) is 0 Å². The topological polar surface area (TPSA) is 84.3 Å². The van der Waals surface area contributed by atoms with E-state index >= 15 is 0 Å². The first kappa shape index (κ1) is 13.8. The Kier molecular flexibility index (Phi) is 4.17. The number of anilines is 1. The summed E-state index contributed by atoms with van der Waals surface area (Å²) < 4.78 is 0. The third kappa shape index (κ3) is 3.24. The Morgan fingerprint density at radius 3 is 2.50 bits per heavy atom. The molecule has 0 unspecified atom stereocenters. The summed E-state index contributed by atoms with van der Waals surface area (Å²) in [6.45, 7) is 0. The minimum atomic E-state index is -0.586. The fraction of sp³-hybridized carbons (Fsp3) is 0. The van der Waals surface area contributed by atoms with Crippen molar-refractivity contribution in [2.24, 2.45) is 0 Å². The third-order valence-corrected chi connectivity index (χ3v) is 2.83. The second-order valence-corrected chi connectivity index (χ2v) is 4.27. The minimum Gasteiger partial charge on any atom is -0.298 e. The molecule has 0 saturated carbocycles. The molecule has 20 heavy (non-hydrogen) atoms. The normalized spacial score (nSPS) is 9.85. The van der Waals surface area contributed by atoms with Gasteiger partial charge in [0.2, 0.25) is 0 Å². The van der Waals surface area contributed by atoms with Crippen LogP contribution in [0, 0.1) is 10.1 Å². The predicted molar refractivity (Wildman–Crippen MR) is 75.6 cm³/mol. The van der Waals surface area contributed by atoms with Gasteiger partial charge in [-0.05, 0) is 18.2 Å². The zero-order valence-electron chi connectivity index (χ0n) is 10.2. The molecule has 0 saturated heterocycles. The Hall–Kier alpha value is -2.60. The number of nitrogens with one attached hydrogen (secondary N) is 2. The summed E-state index contributed by atoms with van der Waals surface area (Å²) in [5.74, 6) is -0.553. The molecule has 6 nitrogen and oxygen atoms in total. The van der Waals surface area contributed by atoms with Crippen LogP contribution in [0.5, 0.6) is 0 Å². The number of halogens is 1. The van der Waals surface area contributed by atoms with Gasteiger partial charge in [-0.15, -0.1) is 0 Å². The molecular formula is C13H10ClN3O3. The zero-order chi connectivity index (χ0) is 14.5. The fourth-order valence-corrected chi connectivity index (χ4v) is 1.72. The highest BCUT2D eigenvalue weighted by Crippen LogP contribution is 2.21. The number of hydrogen-bond donors (Lipinski definition) is 2. The van der Waals surface area contributed by atoms with Crippen LogP contribution in [0.15, 0.2) is 48.5 Å². The van der Waals surface area contributed by atoms with Gasteiger partial charge in [0.25, 0.3) is 11.6 Å². The van der Waals surface area contributed by atoms with Crippen molar-refractivity contribution in [3.63, 3.8) is 0 Å². The van der Waals surface area contributed by atoms with Gasteiger partial charge >= 0.3 is 0 Å². The lowest BCUT2D eigenvalue weighted by Crippen LogP contribution is -2.29. The number of nitrogens with zero attached hydrogens (tertiary/aromatic N) is 1. The Morgan fingerprint density at radius 2 is 1.85 bits per heavy atom. The molecule has 0 aliphatic rings. The monoisotopic (exact) mass is 291 g/mol. The van der Waals surface area contributed by atoms with Crippen molar-refractivity contribution in [3.05, 3.63) is 69.2 Å². The number of carbonyl (C=O) groups excluding carboxylic acids is 1. The lowest BCUT2D eigenvalue weighted by Gasteiger charge is -2.09. The maximum absolute atomic E-state index is 11.9. The third-order valence-electron chi connectivity index (χ3n) is 2.50. The van der Waals surface area contributed by atoms with Crippen LogP contribution in [0.2, 0.25) is 5.02 Å². The highest BCUT2D eigenvalue weighted by atomic mass is 35.5. The molecule has 1 amide bonds. The van der Waals surface area contributed by atoms with E-state index in [1.165, 1.54) is 12.1 Å². The molecule has 102 valence electrons. The zero-order valence-corrected chi connectivity index (χ0v) is 10.9. The lowest BCUT2D eigenvalue weighted by molar-refractivity contribution is -0.384. The Morgan fingerprint density at radius 1 is 1.15 bits per heavy atom. The number of hydrogen-bond acceptors (Lipinski definition) is 4. The molecule has 2 N–H and O–H groups in total. The van der Waals surface area contributed by atoms with E-state index in [0.717, 1.165) is 6.07 Å². The molecule has 2 aromatic carbocycles. The van der Waals surface area contributed by atoms with E-state index in [4.69, 9.17) is 11.6 Å². The summed E-state index contributed by atoms with van der Waals surface area (Å²) in [7, 11) is 0. The Balaban J connectivity index is 2.13. The van der Waals surface area contributed by atoms with Gasteiger partial charge in [0.05, 0.1) is 21.2 Å². The number of non-ortho nitro benzene ring substituents is 1. The molecule has 0 aromatic heterocycles. The number of rotatable bonds is 4. The standard InChI is InChI=1S/C13H10ClN3O3/c14-12-7-6-10(17(19)20)8-11(12)13(18)16-15-9-4-2-1-3-5-9/h1-8,15H,(H,16,18). The molecule has 2 rings (SSSR count). The van der Waals surface area contributed by atoms with Gasteiger partial charge in [0.1, 0.15) is 0 Å². The molecule has 2 aromatic rings. The van der Waals surface area contributed by atoms with Crippen LogP contribution in [0.3, 0.4) is 0 Å². The largest absolute Gasteiger partial charge is 0.298 e. The first-order chi connectivity index (χ1) is 9.58. The van der Waals surface area contributed by atoms with E-state index in [2.05, 4.69) is 10.9 Å². The van der Waals surface area contributed by atoms with Crippen molar-refractivity contribution in [1.29, 1.82) is 0 Å². The summed E-state index contributed by atoms with van der Waals surface area (Å²) in [6, 6.07) is 12.6. The molecule has 7 heteroatoms. The summed E-state index contributed by atoms with van der Waals surface area (Å²) in [5.41, 5.74) is 5.64. The summed E-state index contributed by atoms with van der Waals surface area (Å²) in [6.07, 6.45) is 0. The quantitative estimate of drug-likeness (QED) is 0.670. The molecule has 0 spiro atoms. The average Bonchev–Trinajstić information content (AvgIpc) is 2.46. The SMILES string of the molecule is O=C(NNc1ccccc1)c1cc([N+](=O)[O-])ccc1Cl. The van der Waals surface area contributed by atoms with Crippen LogP contribution < -0.4 is 10.9 Å². The maximum atomic E-state index is 11.9. The first-order valence-electron chi connectivity index (χ1n) is 5.63. The molecule has 0 fully saturated rings. The molecular weight excluding hydrogens is 282 g/mol. The van der Waals surface area contributed by atoms with E-state index in [1.807, 2.05) is 6.07 Å². The molecule has 0 radical (unpaired) electrons. The Bertz CT molecular complexity index is 647. The van der Waals surface area contributed by atoms with Gasteiger partial charge in [-0.1, -0.05) is 29.8 Å². The van der Waals surface area contributed by atoms with Crippen LogP contribution in [0.1, 0.15) is 10.4 Å². The van der Waals surface area contributed by atoms with E-state index in [-0.39, 0.29) is 16.3 Å². The van der Waals surface area contributed by atoms with Gasteiger partial charge in [-0.3, -0.25) is 25.8 Å². The van der Waals surface area contributed by atoms with E-state index in [1.54, 1.807) is 24.3 Å². The van der Waals surface area contributed by atoms with Crippen LogP contribution >= 0.6 is 11.6 Å². The summed E-state index contributed by atoms with van der Waals surface area (Å²) in [4.78, 5) is 22.0. The number of amides is 1. The second-order valence-electron chi connectivity index (χ2n) is 3.87. The van der Waals surface area contributed by atoms with E-state index in [0.29, 0.717) is 5.69 Å². The number of para-hydroxylation sites is 1. The maximum Gasteiger partial charge on any atom is 0.271 e. The van der Waals surface area contributed by atoms with E-state index in [9.17, 15) is 14.9 Å². The summed E-state index contributed by atoms with van der Waals surface area (Å²) in [5, 5.41) is 10.8. The van der Waals surface area contributed by atoms with Crippen LogP contribution in [-0.4, -0.2) is 10.8 Å². The lowest BCUT2D eigenvalue weighted by atomic mass is 10.2. The van der Waals surface area contributed by atoms with Crippen LogP contribution in [0.25, 0.3) is 0 Å². The second kappa shape index (κ2) is 6.03. The number of nitro benzene ring substituents is 1. The molecule has 0 bridgehead atoms. The molecule has 0 heterocycles. The highest BCUT2D eigenvalue weighted by molar-refractivity contribution is 6.34. The van der Waals surface area contributed by atoms with Gasteiger partial charge in [-0.2, -0.15) is 0 Å². The average molecular weight is 292 g/mol. The van der Waals surface area contributed by atoms with Crippen molar-refractivity contribution in [1.82, 2.24) is 5.43 Å². The first-order valence-corrected chi connectivity index (χ1v) is 6.01. The fourth-order valence-electron chi connectivity index (χ4n) is 1.52. The van der Waals surface area contributed by atoms with Crippen molar-refractivity contribution in [2.75, 3.05) is 5.43 Å². The smallest absolute Gasteiger partial charge is 0.271 e. The van der Waals surface area contributed by atoms with Crippen molar-refractivity contribution < 1.29 is 9.72 Å². The highest BCUT2D eigenvalue weighted by Gasteiger charge is 2.15. The van der Waals surface area contributed by atoms with Gasteiger partial charge in [-0.25, -0.2) is 0 Å². The molecule has 0 aliphatic carbocycles. The van der Waals surface area contributed by atoms with Crippen molar-refractivity contribution in [3.8, 4) is 0 Å². The van der Waals surface area contributed by atoms with Crippen molar-refractivity contribution >= 4 is 28.9 Å². The van der Waals surface area contributed by atoms with Gasteiger partial charge in [0.15, 0.2) is 0 Å². The predicted octanol–water partition coefficient (Wildman–Crippen LogP) is 3.01. The van der Waals surface area contributed by atoms with Gasteiger partial charge in [0, 0.05) is 12.1 Å².